The Hall–Kier alpha value is -1.95. The first-order chi connectivity index (χ1) is 12.9. The van der Waals surface area contributed by atoms with Crippen molar-refractivity contribution in [1.29, 1.82) is 0 Å². The molecule has 4 rings (SSSR count). The van der Waals surface area contributed by atoms with Crippen molar-refractivity contribution < 1.29 is 4.52 Å². The van der Waals surface area contributed by atoms with Crippen molar-refractivity contribution in [2.75, 3.05) is 13.1 Å². The summed E-state index contributed by atoms with van der Waals surface area (Å²) >= 11 is 0. The van der Waals surface area contributed by atoms with Crippen molar-refractivity contribution in [2.45, 2.75) is 70.9 Å². The molecule has 0 unspecified atom stereocenters. The molecule has 0 N–H and O–H groups in total. The van der Waals surface area contributed by atoms with Crippen molar-refractivity contribution >= 4 is 0 Å². The second-order valence-electron chi connectivity index (χ2n) is 9.20. The summed E-state index contributed by atoms with van der Waals surface area (Å²) in [5, 5.41) is 8.63. The lowest BCUT2D eigenvalue weighted by Crippen LogP contribution is -2.37. The monoisotopic (exact) mass is 370 g/mol. The summed E-state index contributed by atoms with van der Waals surface area (Å²) < 4.78 is 7.13. The van der Waals surface area contributed by atoms with Crippen molar-refractivity contribution in [2.24, 2.45) is 5.92 Å². The summed E-state index contributed by atoms with van der Waals surface area (Å²) in [7, 11) is 0. The lowest BCUT2D eigenvalue weighted by Gasteiger charge is -2.32. The minimum absolute atomic E-state index is 0.00368. The molecular weight excluding hydrogens is 340 g/mol. The molecule has 1 aliphatic heterocycles. The van der Waals surface area contributed by atoms with Crippen molar-refractivity contribution in [3.05, 3.63) is 45.7 Å². The van der Waals surface area contributed by atoms with Gasteiger partial charge in [-0.05, 0) is 50.8 Å². The van der Waals surface area contributed by atoms with E-state index in [9.17, 15) is 4.79 Å². The van der Waals surface area contributed by atoms with Gasteiger partial charge in [0, 0.05) is 36.1 Å². The summed E-state index contributed by atoms with van der Waals surface area (Å²) in [5.41, 5.74) is 2.19. The van der Waals surface area contributed by atoms with Crippen LogP contribution in [-0.2, 0) is 18.5 Å². The Kier molecular flexibility index (Phi) is 4.93. The molecule has 0 amide bonds. The molecule has 2 aromatic rings. The van der Waals surface area contributed by atoms with Gasteiger partial charge in [-0.1, -0.05) is 25.9 Å². The van der Waals surface area contributed by atoms with Gasteiger partial charge in [0.25, 0.3) is 5.56 Å². The fourth-order valence-electron chi connectivity index (χ4n) is 3.86. The minimum Gasteiger partial charge on any atom is -0.361 e. The summed E-state index contributed by atoms with van der Waals surface area (Å²) in [6, 6.07) is 3.52. The molecule has 0 bridgehead atoms. The highest BCUT2D eigenvalue weighted by molar-refractivity contribution is 5.21. The quantitative estimate of drug-likeness (QED) is 0.808. The zero-order chi connectivity index (χ0) is 19.0. The van der Waals surface area contributed by atoms with E-state index in [0.717, 1.165) is 50.5 Å². The zero-order valence-corrected chi connectivity index (χ0v) is 16.6. The smallest absolute Gasteiger partial charge is 0.266 e. The van der Waals surface area contributed by atoms with Crippen LogP contribution in [0.2, 0.25) is 0 Å². The molecule has 6 nitrogen and oxygen atoms in total. The Morgan fingerprint density at radius 3 is 2.56 bits per heavy atom. The molecule has 0 atom stereocenters. The van der Waals surface area contributed by atoms with E-state index in [1.807, 2.05) is 12.3 Å². The molecule has 0 aromatic carbocycles. The third kappa shape index (κ3) is 4.32. The van der Waals surface area contributed by atoms with Crippen LogP contribution in [0.3, 0.4) is 0 Å². The lowest BCUT2D eigenvalue weighted by molar-refractivity contribution is 0.162. The SMILES string of the molecule is CC(C)(C)c1ccc(=O)n(CC2CCN(Cc3cnoc3C3CC3)CC2)n1. The largest absolute Gasteiger partial charge is 0.361 e. The molecule has 3 heterocycles. The Balaban J connectivity index is 1.34. The molecular formula is C21H30N4O2. The van der Waals surface area contributed by atoms with Crippen LogP contribution in [0.5, 0.6) is 0 Å². The highest BCUT2D eigenvalue weighted by Crippen LogP contribution is 2.42. The van der Waals surface area contributed by atoms with Gasteiger partial charge in [0.15, 0.2) is 0 Å². The van der Waals surface area contributed by atoms with Crippen LogP contribution in [0.4, 0.5) is 0 Å². The number of piperidine rings is 1. The Bertz CT molecular complexity index is 836. The summed E-state index contributed by atoms with van der Waals surface area (Å²) in [4.78, 5) is 14.7. The highest BCUT2D eigenvalue weighted by atomic mass is 16.5. The molecule has 2 fully saturated rings. The van der Waals surface area contributed by atoms with Crippen LogP contribution < -0.4 is 5.56 Å². The van der Waals surface area contributed by atoms with E-state index < -0.39 is 0 Å². The third-order valence-electron chi connectivity index (χ3n) is 5.79. The van der Waals surface area contributed by atoms with Gasteiger partial charge < -0.3 is 4.52 Å². The Labute approximate surface area is 160 Å². The van der Waals surface area contributed by atoms with Gasteiger partial charge >= 0.3 is 0 Å². The first-order valence-corrected chi connectivity index (χ1v) is 10.1. The molecule has 2 aromatic heterocycles. The van der Waals surface area contributed by atoms with Crippen molar-refractivity contribution in [3.63, 3.8) is 0 Å². The summed E-state index contributed by atoms with van der Waals surface area (Å²) in [5.74, 6) is 2.21. The van der Waals surface area contributed by atoms with Crippen molar-refractivity contribution in [3.8, 4) is 0 Å². The summed E-state index contributed by atoms with van der Waals surface area (Å²) in [6.07, 6.45) is 6.55. The molecule has 2 aliphatic rings. The van der Waals surface area contributed by atoms with Crippen LogP contribution in [0, 0.1) is 5.92 Å². The second-order valence-corrected chi connectivity index (χ2v) is 9.20. The topological polar surface area (TPSA) is 64.2 Å². The van der Waals surface area contributed by atoms with E-state index in [1.165, 1.54) is 18.4 Å². The first kappa shape index (κ1) is 18.4. The fourth-order valence-corrected chi connectivity index (χ4v) is 3.86. The average molecular weight is 370 g/mol. The number of likely N-dealkylation sites (tertiary alicyclic amines) is 1. The molecule has 0 radical (unpaired) electrons. The van der Waals surface area contributed by atoms with E-state index in [4.69, 9.17) is 4.52 Å². The van der Waals surface area contributed by atoms with Crippen LogP contribution in [0.25, 0.3) is 0 Å². The maximum atomic E-state index is 12.2. The van der Waals surface area contributed by atoms with Gasteiger partial charge in [0.1, 0.15) is 5.76 Å². The van der Waals surface area contributed by atoms with Crippen LogP contribution in [0.1, 0.15) is 69.4 Å². The first-order valence-electron chi connectivity index (χ1n) is 10.1. The number of hydrogen-bond acceptors (Lipinski definition) is 5. The van der Waals surface area contributed by atoms with Crippen LogP contribution in [0.15, 0.2) is 27.6 Å². The second kappa shape index (κ2) is 7.23. The molecule has 27 heavy (non-hydrogen) atoms. The third-order valence-corrected chi connectivity index (χ3v) is 5.79. The van der Waals surface area contributed by atoms with Gasteiger partial charge in [-0.25, -0.2) is 4.68 Å². The predicted octanol–water partition coefficient (Wildman–Crippen LogP) is 3.32. The molecule has 146 valence electrons. The van der Waals surface area contributed by atoms with E-state index in [2.05, 4.69) is 35.9 Å². The molecule has 6 heteroatoms. The number of rotatable bonds is 5. The molecule has 1 aliphatic carbocycles. The van der Waals surface area contributed by atoms with Crippen LogP contribution >= 0.6 is 0 Å². The zero-order valence-electron chi connectivity index (χ0n) is 16.6. The molecule has 1 saturated carbocycles. The van der Waals surface area contributed by atoms with E-state index in [-0.39, 0.29) is 11.0 Å². The number of nitrogens with zero attached hydrogens (tertiary/aromatic N) is 4. The highest BCUT2D eigenvalue weighted by Gasteiger charge is 2.31. The maximum absolute atomic E-state index is 12.2. The lowest BCUT2D eigenvalue weighted by atomic mass is 9.92. The van der Waals surface area contributed by atoms with Gasteiger partial charge in [-0.15, -0.1) is 0 Å². The normalized spacial score (nSPS) is 19.5. The fraction of sp³-hybridized carbons (Fsp3) is 0.667. The van der Waals surface area contributed by atoms with Gasteiger partial charge in [0.05, 0.1) is 11.9 Å². The number of aromatic nitrogens is 3. The van der Waals surface area contributed by atoms with Gasteiger partial charge in [-0.2, -0.15) is 5.10 Å². The van der Waals surface area contributed by atoms with Gasteiger partial charge in [0.2, 0.25) is 0 Å². The molecule has 0 spiro atoms. The average Bonchev–Trinajstić information content (AvgIpc) is 3.37. The van der Waals surface area contributed by atoms with E-state index >= 15 is 0 Å². The predicted molar refractivity (Wildman–Crippen MR) is 104 cm³/mol. The maximum Gasteiger partial charge on any atom is 0.266 e. The Morgan fingerprint density at radius 2 is 1.89 bits per heavy atom. The standard InChI is InChI=1S/C21H30N4O2/c1-21(2,3)18-6-7-19(26)25(23-18)13-15-8-10-24(11-9-15)14-17-12-22-27-20(17)16-4-5-16/h6-7,12,15-16H,4-5,8-11,13-14H2,1-3H3. The van der Waals surface area contributed by atoms with Gasteiger partial charge in [-0.3, -0.25) is 9.69 Å². The van der Waals surface area contributed by atoms with Crippen molar-refractivity contribution in [1.82, 2.24) is 19.8 Å². The molecule has 1 saturated heterocycles. The van der Waals surface area contributed by atoms with Crippen LogP contribution in [-0.4, -0.2) is 32.9 Å². The minimum atomic E-state index is -0.0449. The van der Waals surface area contributed by atoms with E-state index in [1.54, 1.807) is 10.7 Å². The Morgan fingerprint density at radius 1 is 1.15 bits per heavy atom. The summed E-state index contributed by atoms with van der Waals surface area (Å²) in [6.45, 7) is 10.1. The van der Waals surface area contributed by atoms with E-state index in [0.29, 0.717) is 11.8 Å². The number of hydrogen-bond donors (Lipinski definition) is 0.